The van der Waals surface area contributed by atoms with Crippen molar-refractivity contribution in [2.45, 2.75) is 66.2 Å². The maximum atomic E-state index is 6.68. The second kappa shape index (κ2) is 14.3. The van der Waals surface area contributed by atoms with E-state index in [2.05, 4.69) is 114 Å². The molecule has 2 unspecified atom stereocenters. The summed E-state index contributed by atoms with van der Waals surface area (Å²) in [4.78, 5) is 0. The molecule has 0 N–H and O–H groups in total. The number of benzene rings is 5. The van der Waals surface area contributed by atoms with Gasteiger partial charge in [0.2, 0.25) is 0 Å². The van der Waals surface area contributed by atoms with Gasteiger partial charge in [-0.3, -0.25) is 0 Å². The third-order valence-corrected chi connectivity index (χ3v) is 9.76. The topological polar surface area (TPSA) is 36.9 Å². The van der Waals surface area contributed by atoms with Crippen molar-refractivity contribution in [1.82, 2.24) is 0 Å². The Hall–Kier alpha value is -3.84. The van der Waals surface area contributed by atoms with Gasteiger partial charge in [0.1, 0.15) is 23.0 Å². The van der Waals surface area contributed by atoms with Crippen molar-refractivity contribution < 1.29 is 18.1 Å². The molecule has 4 nitrogen and oxygen atoms in total. The first-order chi connectivity index (χ1) is 22.3. The third kappa shape index (κ3) is 6.66. The van der Waals surface area contributed by atoms with Crippen molar-refractivity contribution in [2.24, 2.45) is 0 Å². The molecule has 0 aromatic heterocycles. The summed E-state index contributed by atoms with van der Waals surface area (Å²) in [5.74, 6) is 4.08. The summed E-state index contributed by atoms with van der Waals surface area (Å²) < 4.78 is 26.0. The van der Waals surface area contributed by atoms with E-state index in [9.17, 15) is 0 Å². The van der Waals surface area contributed by atoms with Crippen molar-refractivity contribution in [3.8, 4) is 34.1 Å². The number of rotatable bonds is 11. The van der Waals surface area contributed by atoms with Crippen LogP contribution in [0.5, 0.6) is 23.0 Å². The molecule has 0 bridgehead atoms. The quantitative estimate of drug-likeness (QED) is 0.134. The SMILES string of the molecule is Cc1cc2c(c(-c3c(OPOc4ccccc4C(C)C)c(C)cc4ccccc34)c1OPOc1ccccc1C(C)C)CCC=C2. The van der Waals surface area contributed by atoms with Crippen LogP contribution in [0.2, 0.25) is 0 Å². The van der Waals surface area contributed by atoms with Gasteiger partial charge in [0.15, 0.2) is 0 Å². The Morgan fingerprint density at radius 1 is 0.609 bits per heavy atom. The summed E-state index contributed by atoms with van der Waals surface area (Å²) in [5, 5.41) is 2.28. The molecule has 0 fully saturated rings. The first kappa shape index (κ1) is 32.1. The molecular weight excluding hydrogens is 606 g/mol. The van der Waals surface area contributed by atoms with Gasteiger partial charge in [-0.1, -0.05) is 101 Å². The lowest BCUT2D eigenvalue weighted by atomic mass is 9.84. The minimum Gasteiger partial charge on any atom is -0.440 e. The highest BCUT2D eigenvalue weighted by Crippen LogP contribution is 2.51. The highest BCUT2D eigenvalue weighted by Gasteiger charge is 2.26. The molecule has 0 aliphatic heterocycles. The predicted molar refractivity (Wildman–Crippen MR) is 196 cm³/mol. The summed E-state index contributed by atoms with van der Waals surface area (Å²) in [6.07, 6.45) is 6.38. The number of aryl methyl sites for hydroxylation is 2. The van der Waals surface area contributed by atoms with Crippen LogP contribution in [0.15, 0.2) is 91.0 Å². The Balaban J connectivity index is 1.44. The lowest BCUT2D eigenvalue weighted by Crippen LogP contribution is -2.04. The zero-order chi connectivity index (χ0) is 32.2. The van der Waals surface area contributed by atoms with Gasteiger partial charge < -0.3 is 18.1 Å². The van der Waals surface area contributed by atoms with Crippen LogP contribution in [0.1, 0.15) is 79.3 Å². The van der Waals surface area contributed by atoms with Crippen LogP contribution >= 0.6 is 18.1 Å². The van der Waals surface area contributed by atoms with Gasteiger partial charge in [-0.2, -0.15) is 0 Å². The monoisotopic (exact) mass is 648 g/mol. The van der Waals surface area contributed by atoms with E-state index in [1.807, 2.05) is 24.3 Å². The fourth-order valence-electron chi connectivity index (χ4n) is 6.28. The molecule has 236 valence electrons. The van der Waals surface area contributed by atoms with Crippen LogP contribution in [0.3, 0.4) is 0 Å². The smallest absolute Gasteiger partial charge is 0.275 e. The molecule has 0 amide bonds. The molecule has 46 heavy (non-hydrogen) atoms. The summed E-state index contributed by atoms with van der Waals surface area (Å²) >= 11 is 0. The largest absolute Gasteiger partial charge is 0.440 e. The van der Waals surface area contributed by atoms with Crippen LogP contribution in [0.25, 0.3) is 28.0 Å². The van der Waals surface area contributed by atoms with Gasteiger partial charge in [0.25, 0.3) is 18.1 Å². The lowest BCUT2D eigenvalue weighted by Gasteiger charge is -2.25. The molecule has 0 saturated heterocycles. The van der Waals surface area contributed by atoms with E-state index >= 15 is 0 Å². The first-order valence-electron chi connectivity index (χ1n) is 16.0. The fraction of sp³-hybridized carbons (Fsp3) is 0.250. The molecule has 5 aromatic carbocycles. The van der Waals surface area contributed by atoms with Gasteiger partial charge in [-0.05, 0) is 107 Å². The van der Waals surface area contributed by atoms with Crippen molar-refractivity contribution in [1.29, 1.82) is 0 Å². The molecule has 0 spiro atoms. The molecule has 6 heteroatoms. The molecule has 0 saturated carbocycles. The van der Waals surface area contributed by atoms with E-state index in [0.29, 0.717) is 11.8 Å². The van der Waals surface area contributed by atoms with Crippen LogP contribution in [-0.2, 0) is 6.42 Å². The van der Waals surface area contributed by atoms with Crippen LogP contribution in [0, 0.1) is 13.8 Å². The summed E-state index contributed by atoms with van der Waals surface area (Å²) in [6, 6.07) is 29.4. The molecule has 6 rings (SSSR count). The Kier molecular flexibility index (Phi) is 9.98. The van der Waals surface area contributed by atoms with Crippen molar-refractivity contribution >= 4 is 34.9 Å². The van der Waals surface area contributed by atoms with E-state index in [-0.39, 0.29) is 18.1 Å². The average Bonchev–Trinajstić information content (AvgIpc) is 3.05. The molecule has 5 aromatic rings. The number of hydrogen-bond donors (Lipinski definition) is 0. The molecule has 0 heterocycles. The minimum atomic E-state index is -0.212. The number of para-hydroxylation sites is 2. The number of hydrogen-bond acceptors (Lipinski definition) is 4. The second-order valence-electron chi connectivity index (χ2n) is 12.5. The van der Waals surface area contributed by atoms with E-state index in [1.165, 1.54) is 22.3 Å². The number of allylic oxidation sites excluding steroid dienone is 1. The van der Waals surface area contributed by atoms with E-state index < -0.39 is 0 Å². The van der Waals surface area contributed by atoms with Crippen LogP contribution < -0.4 is 18.1 Å². The molecular formula is C40H42O4P2. The maximum absolute atomic E-state index is 6.68. The minimum absolute atomic E-state index is 0.206. The zero-order valence-corrected chi connectivity index (χ0v) is 29.4. The van der Waals surface area contributed by atoms with Gasteiger partial charge in [-0.25, -0.2) is 0 Å². The highest BCUT2D eigenvalue weighted by molar-refractivity contribution is 7.27. The normalized spacial score (nSPS) is 13.0. The van der Waals surface area contributed by atoms with E-state index in [0.717, 1.165) is 68.9 Å². The standard InChI is InChI=1S/C40H42O4P2/c1-25(2)31-17-11-13-21-35(31)41-45-43-39-27(5)23-29-15-7-9-19-33(29)37(39)38-34-20-10-8-16-30(34)24-28(6)40(38)44-46-42-36-22-14-12-18-32(36)26(3)4/h7-9,11-19,21-26,45-46H,10,20H2,1-6H3. The van der Waals surface area contributed by atoms with Crippen molar-refractivity contribution in [2.75, 3.05) is 0 Å². The predicted octanol–water partition coefficient (Wildman–Crippen LogP) is 12.3. The molecule has 2 atom stereocenters. The van der Waals surface area contributed by atoms with Gasteiger partial charge >= 0.3 is 0 Å². The van der Waals surface area contributed by atoms with Crippen molar-refractivity contribution in [3.05, 3.63) is 124 Å². The van der Waals surface area contributed by atoms with Crippen molar-refractivity contribution in [3.63, 3.8) is 0 Å². The molecule has 0 radical (unpaired) electrons. The van der Waals surface area contributed by atoms with Gasteiger partial charge in [0, 0.05) is 11.1 Å². The summed E-state index contributed by atoms with van der Waals surface area (Å²) in [5.41, 5.74) is 9.08. The summed E-state index contributed by atoms with van der Waals surface area (Å²) in [7, 11) is -0.417. The Bertz CT molecular complexity index is 1890. The zero-order valence-electron chi connectivity index (χ0n) is 27.4. The van der Waals surface area contributed by atoms with Crippen LogP contribution in [-0.4, -0.2) is 0 Å². The van der Waals surface area contributed by atoms with Gasteiger partial charge in [-0.15, -0.1) is 0 Å². The third-order valence-electron chi connectivity index (χ3n) is 8.58. The summed E-state index contributed by atoms with van der Waals surface area (Å²) in [6.45, 7) is 13.0. The second-order valence-corrected chi connectivity index (χ2v) is 13.6. The fourth-order valence-corrected chi connectivity index (χ4v) is 7.61. The molecule has 1 aliphatic rings. The Morgan fingerprint density at radius 3 is 1.78 bits per heavy atom. The maximum Gasteiger partial charge on any atom is 0.275 e. The number of fused-ring (bicyclic) bond motifs is 2. The Morgan fingerprint density at radius 2 is 1.15 bits per heavy atom. The first-order valence-corrected chi connectivity index (χ1v) is 17.7. The average molecular weight is 649 g/mol. The Labute approximate surface area is 277 Å². The van der Waals surface area contributed by atoms with Gasteiger partial charge in [0.05, 0.1) is 0 Å². The lowest BCUT2D eigenvalue weighted by molar-refractivity contribution is 0.504. The van der Waals surface area contributed by atoms with Crippen LogP contribution in [0.4, 0.5) is 0 Å². The van der Waals surface area contributed by atoms with E-state index in [1.54, 1.807) is 0 Å². The van der Waals surface area contributed by atoms with E-state index in [4.69, 9.17) is 18.1 Å². The molecule has 1 aliphatic carbocycles. The highest BCUT2D eigenvalue weighted by atomic mass is 31.1.